The van der Waals surface area contributed by atoms with Crippen LogP contribution in [0.15, 0.2) is 28.7 Å². The molecule has 0 unspecified atom stereocenters. The topological polar surface area (TPSA) is 60.4 Å². The zero-order valence-electron chi connectivity index (χ0n) is 9.94. The summed E-state index contributed by atoms with van der Waals surface area (Å²) in [5, 5.41) is 0. The van der Waals surface area contributed by atoms with Gasteiger partial charge in [0.2, 0.25) is 0 Å². The van der Waals surface area contributed by atoms with Crippen LogP contribution in [0.3, 0.4) is 0 Å². The minimum atomic E-state index is -0.498. The van der Waals surface area contributed by atoms with Crippen LogP contribution in [0.2, 0.25) is 0 Å². The van der Waals surface area contributed by atoms with E-state index in [0.717, 1.165) is 4.47 Å². The predicted molar refractivity (Wildman–Crippen MR) is 69.3 cm³/mol. The number of halogens is 1. The summed E-state index contributed by atoms with van der Waals surface area (Å²) in [6.07, 6.45) is 0.212. The van der Waals surface area contributed by atoms with E-state index in [4.69, 9.17) is 0 Å². The first-order chi connectivity index (χ1) is 8.49. The Hall–Kier alpha value is -1.49. The maximum absolute atomic E-state index is 11.7. The lowest BCUT2D eigenvalue weighted by Crippen LogP contribution is -2.13. The molecule has 0 fully saturated rings. The zero-order valence-corrected chi connectivity index (χ0v) is 11.5. The number of esters is 1. The Balaban J connectivity index is 2.39. The summed E-state index contributed by atoms with van der Waals surface area (Å²) in [5.41, 5.74) is 0.568. The van der Waals surface area contributed by atoms with E-state index >= 15 is 0 Å². The van der Waals surface area contributed by atoms with Crippen molar-refractivity contribution in [2.75, 3.05) is 6.61 Å². The van der Waals surface area contributed by atoms with E-state index in [1.165, 1.54) is 6.92 Å². The van der Waals surface area contributed by atoms with Gasteiger partial charge in [-0.1, -0.05) is 28.1 Å². The van der Waals surface area contributed by atoms with Crippen LogP contribution in [0.25, 0.3) is 0 Å². The van der Waals surface area contributed by atoms with Gasteiger partial charge in [-0.3, -0.25) is 14.4 Å². The van der Waals surface area contributed by atoms with Crippen molar-refractivity contribution in [3.05, 3.63) is 34.3 Å². The van der Waals surface area contributed by atoms with E-state index in [-0.39, 0.29) is 31.0 Å². The van der Waals surface area contributed by atoms with Gasteiger partial charge in [-0.25, -0.2) is 0 Å². The fourth-order valence-electron chi connectivity index (χ4n) is 1.29. The van der Waals surface area contributed by atoms with Crippen LogP contribution in [0.5, 0.6) is 0 Å². The molecule has 0 aliphatic carbocycles. The molecular formula is C13H13BrO4. The highest BCUT2D eigenvalue weighted by Crippen LogP contribution is 2.12. The minimum absolute atomic E-state index is 0.0855. The van der Waals surface area contributed by atoms with Crippen molar-refractivity contribution in [1.82, 2.24) is 0 Å². The van der Waals surface area contributed by atoms with Crippen LogP contribution < -0.4 is 0 Å². The molecule has 0 atom stereocenters. The van der Waals surface area contributed by atoms with Crippen LogP contribution in [-0.4, -0.2) is 24.1 Å². The first kappa shape index (κ1) is 14.6. The van der Waals surface area contributed by atoms with Gasteiger partial charge in [0.1, 0.15) is 6.61 Å². The molecule has 0 heterocycles. The second-order valence-electron chi connectivity index (χ2n) is 3.75. The quantitative estimate of drug-likeness (QED) is 0.598. The van der Waals surface area contributed by atoms with E-state index < -0.39 is 5.97 Å². The molecule has 0 bridgehead atoms. The summed E-state index contributed by atoms with van der Waals surface area (Å²) in [5.74, 6) is -0.850. The molecule has 1 rings (SSSR count). The molecule has 0 aliphatic rings. The third-order valence-electron chi connectivity index (χ3n) is 2.23. The van der Waals surface area contributed by atoms with Crippen molar-refractivity contribution in [2.45, 2.75) is 19.8 Å². The number of benzene rings is 1. The number of carbonyl (C=O) groups excluding carboxylic acids is 3. The molecule has 18 heavy (non-hydrogen) atoms. The highest BCUT2D eigenvalue weighted by atomic mass is 79.9. The molecule has 1 aromatic rings. The number of carbonyl (C=O) groups is 3. The van der Waals surface area contributed by atoms with Crippen molar-refractivity contribution < 1.29 is 19.1 Å². The van der Waals surface area contributed by atoms with Gasteiger partial charge in [-0.15, -0.1) is 0 Å². The van der Waals surface area contributed by atoms with E-state index in [1.807, 2.05) is 0 Å². The van der Waals surface area contributed by atoms with E-state index in [9.17, 15) is 14.4 Å². The Morgan fingerprint density at radius 1 is 1.11 bits per heavy atom. The van der Waals surface area contributed by atoms with Crippen molar-refractivity contribution >= 4 is 33.5 Å². The Morgan fingerprint density at radius 3 is 2.28 bits per heavy atom. The monoisotopic (exact) mass is 312 g/mol. The Morgan fingerprint density at radius 2 is 1.72 bits per heavy atom. The summed E-state index contributed by atoms with van der Waals surface area (Å²) in [6, 6.07) is 6.94. The molecule has 0 saturated heterocycles. The number of Topliss-reactive ketones (excluding diaryl/α,β-unsaturated/α-hetero) is 2. The third kappa shape index (κ3) is 5.23. The lowest BCUT2D eigenvalue weighted by atomic mass is 10.1. The average Bonchev–Trinajstić information content (AvgIpc) is 2.34. The Bertz CT molecular complexity index is 451. The van der Waals surface area contributed by atoms with Crippen LogP contribution in [-0.2, 0) is 14.3 Å². The van der Waals surface area contributed by atoms with Gasteiger partial charge in [0.25, 0.3) is 0 Å². The highest BCUT2D eigenvalue weighted by molar-refractivity contribution is 9.10. The van der Waals surface area contributed by atoms with Gasteiger partial charge in [-0.2, -0.15) is 0 Å². The number of ether oxygens (including phenoxy) is 1. The fourth-order valence-corrected chi connectivity index (χ4v) is 1.55. The lowest BCUT2D eigenvalue weighted by Gasteiger charge is -2.02. The fraction of sp³-hybridized carbons (Fsp3) is 0.308. The molecule has 0 spiro atoms. The number of hydrogen-bond acceptors (Lipinski definition) is 4. The van der Waals surface area contributed by atoms with E-state index in [2.05, 4.69) is 20.7 Å². The number of hydrogen-bond donors (Lipinski definition) is 0. The van der Waals surface area contributed by atoms with Crippen LogP contribution >= 0.6 is 15.9 Å². The maximum atomic E-state index is 11.7. The van der Waals surface area contributed by atoms with Gasteiger partial charge in [-0.05, 0) is 12.1 Å². The van der Waals surface area contributed by atoms with Gasteiger partial charge in [0.05, 0.1) is 0 Å². The van der Waals surface area contributed by atoms with Crippen molar-refractivity contribution in [3.63, 3.8) is 0 Å². The van der Waals surface area contributed by atoms with Crippen molar-refractivity contribution in [2.24, 2.45) is 0 Å². The molecule has 0 amide bonds. The molecule has 4 nitrogen and oxygen atoms in total. The van der Waals surface area contributed by atoms with Gasteiger partial charge < -0.3 is 4.74 Å². The molecule has 1 aromatic carbocycles. The molecule has 0 N–H and O–H groups in total. The van der Waals surface area contributed by atoms with Crippen LogP contribution in [0.1, 0.15) is 30.1 Å². The SMILES string of the molecule is CC(=O)OCC(=O)CCC(=O)c1ccc(Br)cc1. The first-order valence-electron chi connectivity index (χ1n) is 5.43. The molecule has 5 heteroatoms. The summed E-state index contributed by atoms with van der Waals surface area (Å²) in [4.78, 5) is 33.5. The standard InChI is InChI=1S/C13H13BrO4/c1-9(15)18-8-12(16)6-7-13(17)10-2-4-11(14)5-3-10/h2-5H,6-8H2,1H3. The minimum Gasteiger partial charge on any atom is -0.458 e. The summed E-state index contributed by atoms with van der Waals surface area (Å²) in [7, 11) is 0. The largest absolute Gasteiger partial charge is 0.458 e. The Kier molecular flexibility index (Phi) is 5.71. The second-order valence-corrected chi connectivity index (χ2v) is 4.66. The third-order valence-corrected chi connectivity index (χ3v) is 2.76. The molecule has 0 aliphatic heterocycles. The molecule has 96 valence electrons. The number of ketones is 2. The summed E-state index contributed by atoms with van der Waals surface area (Å²) in [6.45, 7) is 0.975. The lowest BCUT2D eigenvalue weighted by molar-refractivity contribution is -0.145. The van der Waals surface area contributed by atoms with Gasteiger partial charge >= 0.3 is 5.97 Å². The summed E-state index contributed by atoms with van der Waals surface area (Å²) >= 11 is 3.28. The van der Waals surface area contributed by atoms with Crippen molar-refractivity contribution in [3.8, 4) is 0 Å². The Labute approximate surface area is 113 Å². The maximum Gasteiger partial charge on any atom is 0.303 e. The van der Waals surface area contributed by atoms with Crippen molar-refractivity contribution in [1.29, 1.82) is 0 Å². The molecule has 0 radical (unpaired) electrons. The zero-order chi connectivity index (χ0) is 13.5. The van der Waals surface area contributed by atoms with E-state index in [1.54, 1.807) is 24.3 Å². The van der Waals surface area contributed by atoms with Gasteiger partial charge in [0.15, 0.2) is 11.6 Å². The van der Waals surface area contributed by atoms with E-state index in [0.29, 0.717) is 5.56 Å². The summed E-state index contributed by atoms with van der Waals surface area (Å²) < 4.78 is 5.44. The average molecular weight is 313 g/mol. The smallest absolute Gasteiger partial charge is 0.303 e. The first-order valence-corrected chi connectivity index (χ1v) is 6.22. The van der Waals surface area contributed by atoms with Crippen LogP contribution in [0.4, 0.5) is 0 Å². The number of rotatable bonds is 6. The molecular weight excluding hydrogens is 300 g/mol. The normalized spacial score (nSPS) is 9.89. The molecule has 0 saturated carbocycles. The highest BCUT2D eigenvalue weighted by Gasteiger charge is 2.10. The predicted octanol–water partition coefficient (Wildman–Crippen LogP) is 2.54. The molecule has 0 aromatic heterocycles. The van der Waals surface area contributed by atoms with Gasteiger partial charge in [0, 0.05) is 29.8 Å². The second kappa shape index (κ2) is 7.06. The van der Waals surface area contributed by atoms with Crippen LogP contribution in [0, 0.1) is 0 Å².